The first kappa shape index (κ1) is 14.1. The summed E-state index contributed by atoms with van der Waals surface area (Å²) in [5, 5.41) is 7.89. The SMILES string of the molecule is c1ccc(N2CCC(NCCCn3cccn3)CC2)nc1. The van der Waals surface area contributed by atoms with Gasteiger partial charge >= 0.3 is 0 Å². The molecular formula is C16H23N5. The number of piperidine rings is 1. The predicted molar refractivity (Wildman–Crippen MR) is 84.3 cm³/mol. The van der Waals surface area contributed by atoms with E-state index in [4.69, 9.17) is 0 Å². The summed E-state index contributed by atoms with van der Waals surface area (Å²) in [6.07, 6.45) is 9.24. The van der Waals surface area contributed by atoms with Crippen LogP contribution >= 0.6 is 0 Å². The van der Waals surface area contributed by atoms with E-state index in [0.29, 0.717) is 6.04 Å². The molecule has 0 saturated carbocycles. The van der Waals surface area contributed by atoms with Crippen LogP contribution in [0.5, 0.6) is 0 Å². The summed E-state index contributed by atoms with van der Waals surface area (Å²) in [5.74, 6) is 1.11. The monoisotopic (exact) mass is 285 g/mol. The molecule has 1 aliphatic rings. The van der Waals surface area contributed by atoms with Gasteiger partial charge in [-0.05, 0) is 44.0 Å². The molecule has 1 N–H and O–H groups in total. The highest BCUT2D eigenvalue weighted by molar-refractivity contribution is 5.38. The van der Waals surface area contributed by atoms with Crippen LogP contribution in [0, 0.1) is 0 Å². The zero-order valence-corrected chi connectivity index (χ0v) is 12.4. The van der Waals surface area contributed by atoms with Crippen molar-refractivity contribution >= 4 is 5.82 Å². The summed E-state index contributed by atoms with van der Waals surface area (Å²) in [4.78, 5) is 6.80. The first-order chi connectivity index (χ1) is 10.4. The van der Waals surface area contributed by atoms with Crippen LogP contribution in [0.1, 0.15) is 19.3 Å². The average Bonchev–Trinajstić information content (AvgIpc) is 3.06. The Morgan fingerprint density at radius 1 is 1.14 bits per heavy atom. The van der Waals surface area contributed by atoms with Crippen molar-refractivity contribution in [2.45, 2.75) is 31.8 Å². The Morgan fingerprint density at radius 2 is 2.05 bits per heavy atom. The summed E-state index contributed by atoms with van der Waals surface area (Å²) in [5.41, 5.74) is 0. The van der Waals surface area contributed by atoms with Crippen LogP contribution in [0.2, 0.25) is 0 Å². The first-order valence-corrected chi connectivity index (χ1v) is 7.78. The normalized spacial score (nSPS) is 16.3. The first-order valence-electron chi connectivity index (χ1n) is 7.78. The lowest BCUT2D eigenvalue weighted by Crippen LogP contribution is -2.43. The van der Waals surface area contributed by atoms with Crippen molar-refractivity contribution < 1.29 is 0 Å². The molecule has 0 unspecified atom stereocenters. The van der Waals surface area contributed by atoms with E-state index in [1.165, 1.54) is 12.8 Å². The number of pyridine rings is 1. The topological polar surface area (TPSA) is 46.0 Å². The molecule has 0 spiro atoms. The van der Waals surface area contributed by atoms with Crippen LogP contribution in [0.4, 0.5) is 5.82 Å². The zero-order valence-electron chi connectivity index (χ0n) is 12.4. The highest BCUT2D eigenvalue weighted by atomic mass is 15.3. The third-order valence-corrected chi connectivity index (χ3v) is 4.02. The van der Waals surface area contributed by atoms with E-state index >= 15 is 0 Å². The third-order valence-electron chi connectivity index (χ3n) is 4.02. The summed E-state index contributed by atoms with van der Waals surface area (Å²) in [7, 11) is 0. The maximum absolute atomic E-state index is 4.43. The van der Waals surface area contributed by atoms with Gasteiger partial charge in [0, 0.05) is 44.3 Å². The Kier molecular flexibility index (Phi) is 4.84. The fourth-order valence-corrected chi connectivity index (χ4v) is 2.83. The largest absolute Gasteiger partial charge is 0.357 e. The number of rotatable bonds is 6. The van der Waals surface area contributed by atoms with Gasteiger partial charge in [0.2, 0.25) is 0 Å². The molecule has 5 nitrogen and oxygen atoms in total. The van der Waals surface area contributed by atoms with Crippen molar-refractivity contribution in [2.24, 2.45) is 0 Å². The number of anilines is 1. The Labute approximate surface area is 126 Å². The Morgan fingerprint density at radius 3 is 2.76 bits per heavy atom. The summed E-state index contributed by atoms with van der Waals surface area (Å²) in [6.45, 7) is 4.24. The zero-order chi connectivity index (χ0) is 14.3. The van der Waals surface area contributed by atoms with Crippen molar-refractivity contribution in [1.82, 2.24) is 20.1 Å². The molecule has 21 heavy (non-hydrogen) atoms. The van der Waals surface area contributed by atoms with Crippen molar-refractivity contribution in [3.05, 3.63) is 42.9 Å². The van der Waals surface area contributed by atoms with E-state index in [-0.39, 0.29) is 0 Å². The number of hydrogen-bond acceptors (Lipinski definition) is 4. The molecule has 1 fully saturated rings. The quantitative estimate of drug-likeness (QED) is 0.824. The number of nitrogens with zero attached hydrogens (tertiary/aromatic N) is 4. The van der Waals surface area contributed by atoms with Gasteiger partial charge in [-0.15, -0.1) is 0 Å². The smallest absolute Gasteiger partial charge is 0.128 e. The van der Waals surface area contributed by atoms with E-state index in [0.717, 1.165) is 38.4 Å². The molecular weight excluding hydrogens is 262 g/mol. The van der Waals surface area contributed by atoms with Gasteiger partial charge in [-0.25, -0.2) is 4.98 Å². The molecule has 0 radical (unpaired) electrons. The summed E-state index contributed by atoms with van der Waals surface area (Å²) >= 11 is 0. The predicted octanol–water partition coefficient (Wildman–Crippen LogP) is 1.93. The Bertz CT molecular complexity index is 503. The maximum atomic E-state index is 4.43. The van der Waals surface area contributed by atoms with Crippen LogP contribution in [0.25, 0.3) is 0 Å². The summed E-state index contributed by atoms with van der Waals surface area (Å²) in [6, 6.07) is 8.74. The lowest BCUT2D eigenvalue weighted by molar-refractivity contribution is 0.403. The lowest BCUT2D eigenvalue weighted by atomic mass is 10.0. The maximum Gasteiger partial charge on any atom is 0.128 e. The molecule has 0 amide bonds. The number of nitrogens with one attached hydrogen (secondary N) is 1. The molecule has 0 atom stereocenters. The van der Waals surface area contributed by atoms with Gasteiger partial charge in [-0.3, -0.25) is 4.68 Å². The minimum atomic E-state index is 0.641. The van der Waals surface area contributed by atoms with Gasteiger partial charge in [0.05, 0.1) is 0 Å². The lowest BCUT2D eigenvalue weighted by Gasteiger charge is -2.33. The highest BCUT2D eigenvalue weighted by Crippen LogP contribution is 2.17. The Hall–Kier alpha value is -1.88. The van der Waals surface area contributed by atoms with Gasteiger partial charge in [-0.1, -0.05) is 6.07 Å². The van der Waals surface area contributed by atoms with Crippen molar-refractivity contribution in [2.75, 3.05) is 24.5 Å². The fraction of sp³-hybridized carbons (Fsp3) is 0.500. The minimum absolute atomic E-state index is 0.641. The molecule has 1 aliphatic heterocycles. The molecule has 5 heteroatoms. The highest BCUT2D eigenvalue weighted by Gasteiger charge is 2.19. The van der Waals surface area contributed by atoms with Crippen molar-refractivity contribution in [3.8, 4) is 0 Å². The van der Waals surface area contributed by atoms with Crippen LogP contribution < -0.4 is 10.2 Å². The number of hydrogen-bond donors (Lipinski definition) is 1. The van der Waals surface area contributed by atoms with Crippen LogP contribution in [0.15, 0.2) is 42.9 Å². The van der Waals surface area contributed by atoms with E-state index in [1.54, 1.807) is 0 Å². The van der Waals surface area contributed by atoms with Crippen LogP contribution in [0.3, 0.4) is 0 Å². The van der Waals surface area contributed by atoms with Crippen molar-refractivity contribution in [1.29, 1.82) is 0 Å². The van der Waals surface area contributed by atoms with Gasteiger partial charge in [0.1, 0.15) is 5.82 Å². The second-order valence-corrected chi connectivity index (χ2v) is 5.53. The average molecular weight is 285 g/mol. The van der Waals surface area contributed by atoms with E-state index in [9.17, 15) is 0 Å². The molecule has 112 valence electrons. The van der Waals surface area contributed by atoms with E-state index < -0.39 is 0 Å². The minimum Gasteiger partial charge on any atom is -0.357 e. The van der Waals surface area contributed by atoms with Crippen molar-refractivity contribution in [3.63, 3.8) is 0 Å². The van der Waals surface area contributed by atoms with Crippen LogP contribution in [-0.2, 0) is 6.54 Å². The van der Waals surface area contributed by atoms with Crippen LogP contribution in [-0.4, -0.2) is 40.4 Å². The van der Waals surface area contributed by atoms with Gasteiger partial charge < -0.3 is 10.2 Å². The number of aryl methyl sites for hydroxylation is 1. The molecule has 3 rings (SSSR count). The molecule has 3 heterocycles. The standard InChI is InChI=1S/C16H23N5/c1-2-8-18-16(5-1)20-13-6-15(7-14-20)17-9-3-11-21-12-4-10-19-21/h1-2,4-5,8,10,12,15,17H,3,6-7,9,11,13-14H2. The van der Waals surface area contributed by atoms with Gasteiger partial charge in [0.15, 0.2) is 0 Å². The Balaban J connectivity index is 1.34. The third kappa shape index (κ3) is 4.04. The molecule has 0 aliphatic carbocycles. The molecule has 0 aromatic carbocycles. The van der Waals surface area contributed by atoms with Gasteiger partial charge in [-0.2, -0.15) is 5.10 Å². The summed E-state index contributed by atoms with van der Waals surface area (Å²) < 4.78 is 1.99. The second-order valence-electron chi connectivity index (χ2n) is 5.53. The molecule has 2 aromatic rings. The van der Waals surface area contributed by atoms with E-state index in [1.807, 2.05) is 35.4 Å². The molecule has 2 aromatic heterocycles. The van der Waals surface area contributed by atoms with Gasteiger partial charge in [0.25, 0.3) is 0 Å². The molecule has 0 bridgehead atoms. The fourth-order valence-electron chi connectivity index (χ4n) is 2.83. The molecule has 1 saturated heterocycles. The number of aromatic nitrogens is 3. The van der Waals surface area contributed by atoms with E-state index in [2.05, 4.69) is 32.4 Å². The second kappa shape index (κ2) is 7.22.